The Morgan fingerprint density at radius 3 is 1.88 bits per heavy atom. The third-order valence-corrected chi connectivity index (χ3v) is 7.85. The number of hydrogen-bond donors (Lipinski definition) is 2. The molecule has 7 rings (SSSR count). The van der Waals surface area contributed by atoms with Gasteiger partial charge in [0.1, 0.15) is 11.0 Å². The zero-order valence-electron chi connectivity index (χ0n) is 21.3. The Balaban J connectivity index is 1.28. The summed E-state index contributed by atoms with van der Waals surface area (Å²) in [5, 5.41) is 4.85. The van der Waals surface area contributed by atoms with Crippen LogP contribution >= 0.6 is 11.7 Å². The van der Waals surface area contributed by atoms with Gasteiger partial charge < -0.3 is 4.90 Å². The van der Waals surface area contributed by atoms with Gasteiger partial charge in [-0.1, -0.05) is 60.7 Å². The highest BCUT2D eigenvalue weighted by Crippen LogP contribution is 2.38. The Labute approximate surface area is 233 Å². The molecule has 1 aliphatic carbocycles. The van der Waals surface area contributed by atoms with Gasteiger partial charge in [-0.25, -0.2) is 0 Å². The number of aromatic nitrogens is 4. The molecule has 0 fully saturated rings. The molecule has 40 heavy (non-hydrogen) atoms. The molecule has 0 aliphatic heterocycles. The molecule has 0 radical (unpaired) electrons. The van der Waals surface area contributed by atoms with Crippen LogP contribution in [0.2, 0.25) is 0 Å². The maximum atomic E-state index is 12.4. The summed E-state index contributed by atoms with van der Waals surface area (Å²) >= 11 is 1.18. The number of H-pyrrole nitrogens is 2. The predicted molar refractivity (Wildman–Crippen MR) is 161 cm³/mol. The standard InChI is InChI=1S/C32H23N5O2S/c38-31-27-16-13-21(19-28(27)32(39)34-33-31)26-18-17-25(29-30(26)36-40-35-29)20-11-14-24(15-12-20)37(22-7-3-1-4-8-22)23-9-5-2-6-10-23/h1-12,14-15,17-19H,13,16H2,(H,33,38)(H,34,39). The molecule has 194 valence electrons. The summed E-state index contributed by atoms with van der Waals surface area (Å²) in [5.74, 6) is 0. The molecule has 4 aromatic carbocycles. The number of fused-ring (bicyclic) bond motifs is 2. The normalized spacial score (nSPS) is 12.7. The number of nitrogens with one attached hydrogen (secondary N) is 2. The number of allylic oxidation sites excluding steroid dienone is 1. The van der Waals surface area contributed by atoms with E-state index in [-0.39, 0.29) is 11.1 Å². The first-order valence-corrected chi connectivity index (χ1v) is 13.7. The van der Waals surface area contributed by atoms with Gasteiger partial charge in [-0.3, -0.25) is 19.8 Å². The summed E-state index contributed by atoms with van der Waals surface area (Å²) in [6.07, 6.45) is 2.97. The topological polar surface area (TPSA) is 94.7 Å². The third-order valence-electron chi connectivity index (χ3n) is 7.32. The van der Waals surface area contributed by atoms with E-state index in [4.69, 9.17) is 0 Å². The van der Waals surface area contributed by atoms with Crippen LogP contribution in [0.4, 0.5) is 17.1 Å². The Morgan fingerprint density at radius 2 is 1.20 bits per heavy atom. The van der Waals surface area contributed by atoms with Crippen LogP contribution in [0.25, 0.3) is 33.8 Å². The number of para-hydroxylation sites is 2. The zero-order valence-corrected chi connectivity index (χ0v) is 22.1. The minimum Gasteiger partial charge on any atom is -0.311 e. The molecule has 0 saturated carbocycles. The van der Waals surface area contributed by atoms with Gasteiger partial charge in [-0.05, 0) is 66.5 Å². The highest BCUT2D eigenvalue weighted by Gasteiger charge is 2.21. The average molecular weight is 542 g/mol. The van der Waals surface area contributed by atoms with Crippen LogP contribution < -0.4 is 16.0 Å². The second-order valence-corrected chi connectivity index (χ2v) is 10.2. The molecule has 0 amide bonds. The first kappa shape index (κ1) is 24.0. The van der Waals surface area contributed by atoms with Crippen molar-refractivity contribution in [1.29, 1.82) is 0 Å². The van der Waals surface area contributed by atoms with Crippen molar-refractivity contribution < 1.29 is 0 Å². The first-order valence-electron chi connectivity index (χ1n) is 13.0. The van der Waals surface area contributed by atoms with Crippen LogP contribution in [-0.2, 0) is 6.42 Å². The molecule has 6 aromatic rings. The lowest BCUT2D eigenvalue weighted by atomic mass is 9.88. The predicted octanol–water partition coefficient (Wildman–Crippen LogP) is 6.69. The SMILES string of the molecule is O=c1[nH][nH]c(=O)c2c1C=C(c1ccc(-c3ccc(N(c4ccccc4)c4ccccc4)cc3)c3nsnc13)CC2. The van der Waals surface area contributed by atoms with E-state index < -0.39 is 0 Å². The summed E-state index contributed by atoms with van der Waals surface area (Å²) in [5.41, 5.74) is 9.20. The Bertz CT molecular complexity index is 1950. The highest BCUT2D eigenvalue weighted by molar-refractivity contribution is 7.00. The maximum Gasteiger partial charge on any atom is 0.270 e. The Hall–Kier alpha value is -5.08. The number of hydrogen-bond acceptors (Lipinski definition) is 6. The van der Waals surface area contributed by atoms with Gasteiger partial charge in [0.2, 0.25) is 0 Å². The summed E-state index contributed by atoms with van der Waals surface area (Å²) in [7, 11) is 0. The number of aromatic amines is 2. The van der Waals surface area contributed by atoms with E-state index in [9.17, 15) is 9.59 Å². The van der Waals surface area contributed by atoms with Crippen molar-refractivity contribution in [2.24, 2.45) is 0 Å². The summed E-state index contributed by atoms with van der Waals surface area (Å²) in [6, 6.07) is 33.2. The minimum absolute atomic E-state index is 0.248. The fourth-order valence-corrected chi connectivity index (χ4v) is 5.96. The van der Waals surface area contributed by atoms with E-state index in [1.165, 1.54) is 11.7 Å². The molecule has 1 aliphatic rings. The van der Waals surface area contributed by atoms with Crippen LogP contribution in [0.1, 0.15) is 23.1 Å². The highest BCUT2D eigenvalue weighted by atomic mass is 32.1. The lowest BCUT2D eigenvalue weighted by Gasteiger charge is -2.25. The van der Waals surface area contributed by atoms with E-state index in [0.717, 1.165) is 50.4 Å². The molecule has 0 saturated heterocycles. The zero-order chi connectivity index (χ0) is 27.1. The van der Waals surface area contributed by atoms with Crippen molar-refractivity contribution in [3.05, 3.63) is 134 Å². The summed E-state index contributed by atoms with van der Waals surface area (Å²) in [4.78, 5) is 26.8. The lowest BCUT2D eigenvalue weighted by Crippen LogP contribution is -2.27. The van der Waals surface area contributed by atoms with Crippen molar-refractivity contribution in [1.82, 2.24) is 18.9 Å². The van der Waals surface area contributed by atoms with Gasteiger partial charge in [0.15, 0.2) is 0 Å². The molecule has 2 aromatic heterocycles. The number of rotatable bonds is 5. The van der Waals surface area contributed by atoms with Crippen LogP contribution in [0, 0.1) is 0 Å². The summed E-state index contributed by atoms with van der Waals surface area (Å²) in [6.45, 7) is 0. The molecule has 0 bridgehead atoms. The second kappa shape index (κ2) is 9.91. The van der Waals surface area contributed by atoms with Crippen molar-refractivity contribution in [2.75, 3.05) is 4.90 Å². The van der Waals surface area contributed by atoms with Crippen molar-refractivity contribution >= 4 is 51.5 Å². The monoisotopic (exact) mass is 541 g/mol. The largest absolute Gasteiger partial charge is 0.311 e. The molecular weight excluding hydrogens is 518 g/mol. The Morgan fingerprint density at radius 1 is 0.625 bits per heavy atom. The van der Waals surface area contributed by atoms with E-state index in [1.54, 1.807) is 0 Å². The van der Waals surface area contributed by atoms with Crippen LogP contribution in [0.15, 0.2) is 107 Å². The van der Waals surface area contributed by atoms with Crippen LogP contribution in [0.5, 0.6) is 0 Å². The number of anilines is 3. The van der Waals surface area contributed by atoms with Crippen LogP contribution in [0.3, 0.4) is 0 Å². The lowest BCUT2D eigenvalue weighted by molar-refractivity contribution is 0.875. The van der Waals surface area contributed by atoms with E-state index in [2.05, 4.69) is 78.4 Å². The quantitative estimate of drug-likeness (QED) is 0.254. The molecular formula is C32H23N5O2S. The second-order valence-electron chi connectivity index (χ2n) is 9.65. The number of benzene rings is 4. The van der Waals surface area contributed by atoms with Gasteiger partial charge >= 0.3 is 0 Å². The van der Waals surface area contributed by atoms with Gasteiger partial charge in [-0.2, -0.15) is 8.75 Å². The molecule has 7 nitrogen and oxygen atoms in total. The smallest absolute Gasteiger partial charge is 0.270 e. The molecule has 0 spiro atoms. The van der Waals surface area contributed by atoms with Crippen molar-refractivity contribution in [3.63, 3.8) is 0 Å². The van der Waals surface area contributed by atoms with E-state index >= 15 is 0 Å². The van der Waals surface area contributed by atoms with E-state index in [1.807, 2.05) is 48.5 Å². The van der Waals surface area contributed by atoms with Crippen molar-refractivity contribution in [2.45, 2.75) is 12.8 Å². The minimum atomic E-state index is -0.295. The number of nitrogens with zero attached hydrogens (tertiary/aromatic N) is 3. The van der Waals surface area contributed by atoms with E-state index in [0.29, 0.717) is 24.0 Å². The maximum absolute atomic E-state index is 12.4. The fourth-order valence-electron chi connectivity index (χ4n) is 5.39. The van der Waals surface area contributed by atoms with Crippen LogP contribution in [-0.4, -0.2) is 18.9 Å². The van der Waals surface area contributed by atoms with Gasteiger partial charge in [0.25, 0.3) is 11.1 Å². The Kier molecular flexibility index (Phi) is 5.94. The average Bonchev–Trinajstić information content (AvgIpc) is 3.51. The first-order chi connectivity index (χ1) is 19.7. The molecule has 8 heteroatoms. The molecule has 0 atom stereocenters. The van der Waals surface area contributed by atoms with Gasteiger partial charge in [0, 0.05) is 33.8 Å². The summed E-state index contributed by atoms with van der Waals surface area (Å²) < 4.78 is 9.28. The molecule has 2 N–H and O–H groups in total. The van der Waals surface area contributed by atoms with Gasteiger partial charge in [-0.15, -0.1) is 0 Å². The molecule has 0 unspecified atom stereocenters. The molecule has 2 heterocycles. The third kappa shape index (κ3) is 4.15. The fraction of sp³-hybridized carbons (Fsp3) is 0.0625. The van der Waals surface area contributed by atoms with Crippen molar-refractivity contribution in [3.8, 4) is 11.1 Å². The van der Waals surface area contributed by atoms with Gasteiger partial charge in [0.05, 0.1) is 17.3 Å².